The highest BCUT2D eigenvalue weighted by molar-refractivity contribution is 7.25. The zero-order chi connectivity index (χ0) is 37.0. The quantitative estimate of drug-likeness (QED) is 0.171. The molecule has 3 aromatic heterocycles. The van der Waals surface area contributed by atoms with E-state index in [9.17, 15) is 0 Å². The van der Waals surface area contributed by atoms with Crippen molar-refractivity contribution in [3.05, 3.63) is 194 Å². The predicted molar refractivity (Wildman–Crippen MR) is 234 cm³/mol. The number of hydrogen-bond donors (Lipinski definition) is 0. The van der Waals surface area contributed by atoms with Crippen molar-refractivity contribution in [3.8, 4) is 62.1 Å². The Morgan fingerprint density at radius 1 is 0.304 bits per heavy atom. The Labute approximate surface area is 327 Å². The fourth-order valence-electron chi connectivity index (χ4n) is 7.93. The van der Waals surface area contributed by atoms with Crippen molar-refractivity contribution in [2.24, 2.45) is 0 Å². The van der Waals surface area contributed by atoms with E-state index in [1.165, 1.54) is 47.5 Å². The zero-order valence-electron chi connectivity index (χ0n) is 30.2. The third-order valence-corrected chi connectivity index (χ3v) is 11.8. The zero-order valence-corrected chi connectivity index (χ0v) is 31.0. The summed E-state index contributed by atoms with van der Waals surface area (Å²) in [5, 5.41) is 5.01. The molecule has 4 nitrogen and oxygen atoms in total. The second kappa shape index (κ2) is 13.3. The molecule has 0 aliphatic carbocycles. The molecule has 0 saturated carbocycles. The molecule has 0 spiro atoms. The molecule has 0 unspecified atom stereocenters. The van der Waals surface area contributed by atoms with Gasteiger partial charge >= 0.3 is 0 Å². The average Bonchev–Trinajstić information content (AvgIpc) is 3.82. The molecular weight excluding hydrogens is 701 g/mol. The van der Waals surface area contributed by atoms with Crippen molar-refractivity contribution >= 4 is 53.3 Å². The smallest absolute Gasteiger partial charge is 0.164 e. The van der Waals surface area contributed by atoms with Crippen LogP contribution in [-0.2, 0) is 0 Å². The first kappa shape index (κ1) is 32.2. The van der Waals surface area contributed by atoms with E-state index in [1.807, 2.05) is 18.2 Å². The third kappa shape index (κ3) is 5.56. The van der Waals surface area contributed by atoms with Crippen LogP contribution in [0.4, 0.5) is 0 Å². The maximum absolute atomic E-state index is 5.10. The number of para-hydroxylation sites is 2. The van der Waals surface area contributed by atoms with Crippen molar-refractivity contribution in [1.82, 2.24) is 19.5 Å². The number of thiophene rings is 1. The first-order chi connectivity index (χ1) is 27.7. The molecular formula is C51H32N4S. The van der Waals surface area contributed by atoms with E-state index >= 15 is 0 Å². The number of aromatic nitrogens is 4. The monoisotopic (exact) mass is 732 g/mol. The maximum atomic E-state index is 5.10. The fourth-order valence-corrected chi connectivity index (χ4v) is 9.08. The SMILES string of the molecule is c1ccc(-c2cc(-c3ccc(-c4nc(-c5ccccc5)nc(-c5ccc6c(c5)sc5ccccc56)n4)cc3)cc(-n3c4ccccc4c4ccccc43)c2)cc1. The van der Waals surface area contributed by atoms with Gasteiger partial charge in [0.1, 0.15) is 0 Å². The number of hydrogen-bond acceptors (Lipinski definition) is 4. The maximum Gasteiger partial charge on any atom is 0.164 e. The van der Waals surface area contributed by atoms with Crippen LogP contribution < -0.4 is 0 Å². The van der Waals surface area contributed by atoms with Crippen LogP contribution in [0.2, 0.25) is 0 Å². The lowest BCUT2D eigenvalue weighted by Crippen LogP contribution is -2.00. The van der Waals surface area contributed by atoms with Crippen molar-refractivity contribution in [3.63, 3.8) is 0 Å². The molecule has 0 aliphatic rings. The van der Waals surface area contributed by atoms with Gasteiger partial charge in [0.15, 0.2) is 17.5 Å². The molecule has 11 aromatic rings. The molecule has 11 rings (SSSR count). The van der Waals surface area contributed by atoms with Crippen LogP contribution in [0.25, 0.3) is 104 Å². The summed E-state index contributed by atoms with van der Waals surface area (Å²) < 4.78 is 4.88. The van der Waals surface area contributed by atoms with Crippen LogP contribution in [0.3, 0.4) is 0 Å². The van der Waals surface area contributed by atoms with E-state index in [0.29, 0.717) is 17.5 Å². The van der Waals surface area contributed by atoms with E-state index in [4.69, 9.17) is 15.0 Å². The van der Waals surface area contributed by atoms with Crippen molar-refractivity contribution in [2.75, 3.05) is 0 Å². The highest BCUT2D eigenvalue weighted by Gasteiger charge is 2.17. The van der Waals surface area contributed by atoms with Gasteiger partial charge in [0.2, 0.25) is 0 Å². The molecule has 3 heterocycles. The molecule has 0 amide bonds. The molecule has 0 saturated heterocycles. The first-order valence-electron chi connectivity index (χ1n) is 18.8. The molecule has 262 valence electrons. The second-order valence-corrected chi connectivity index (χ2v) is 15.1. The molecule has 56 heavy (non-hydrogen) atoms. The van der Waals surface area contributed by atoms with Crippen LogP contribution in [0.1, 0.15) is 0 Å². The predicted octanol–water partition coefficient (Wildman–Crippen LogP) is 13.7. The van der Waals surface area contributed by atoms with Gasteiger partial charge in [-0.05, 0) is 64.7 Å². The van der Waals surface area contributed by atoms with E-state index in [1.54, 1.807) is 11.3 Å². The Morgan fingerprint density at radius 3 is 1.39 bits per heavy atom. The van der Waals surface area contributed by atoms with Gasteiger partial charge in [-0.2, -0.15) is 0 Å². The van der Waals surface area contributed by atoms with E-state index in [-0.39, 0.29) is 0 Å². The molecule has 8 aromatic carbocycles. The second-order valence-electron chi connectivity index (χ2n) is 14.1. The summed E-state index contributed by atoms with van der Waals surface area (Å²) in [7, 11) is 0. The highest BCUT2D eigenvalue weighted by Crippen LogP contribution is 2.38. The number of rotatable bonds is 6. The summed E-state index contributed by atoms with van der Waals surface area (Å²) in [4.78, 5) is 15.2. The van der Waals surface area contributed by atoms with Gasteiger partial charge in [0.05, 0.1) is 11.0 Å². The number of fused-ring (bicyclic) bond motifs is 6. The van der Waals surface area contributed by atoms with E-state index in [2.05, 4.69) is 180 Å². The third-order valence-electron chi connectivity index (χ3n) is 10.6. The van der Waals surface area contributed by atoms with E-state index in [0.717, 1.165) is 39.1 Å². The largest absolute Gasteiger partial charge is 0.309 e. The lowest BCUT2D eigenvalue weighted by molar-refractivity contribution is 1.07. The molecule has 0 atom stereocenters. The summed E-state index contributed by atoms with van der Waals surface area (Å²) in [6, 6.07) is 68.8. The van der Waals surface area contributed by atoms with Crippen LogP contribution >= 0.6 is 11.3 Å². The van der Waals surface area contributed by atoms with Crippen molar-refractivity contribution < 1.29 is 0 Å². The van der Waals surface area contributed by atoms with Gasteiger partial charge in [0, 0.05) is 53.3 Å². The molecule has 0 fully saturated rings. The average molecular weight is 733 g/mol. The molecule has 0 radical (unpaired) electrons. The topological polar surface area (TPSA) is 43.6 Å². The van der Waals surface area contributed by atoms with Gasteiger partial charge in [-0.3, -0.25) is 0 Å². The van der Waals surface area contributed by atoms with Gasteiger partial charge in [-0.1, -0.05) is 152 Å². The number of benzene rings is 8. The van der Waals surface area contributed by atoms with Crippen LogP contribution in [0.15, 0.2) is 194 Å². The Hall–Kier alpha value is -7.21. The Bertz CT molecular complexity index is 3180. The van der Waals surface area contributed by atoms with Gasteiger partial charge in [0.25, 0.3) is 0 Å². The van der Waals surface area contributed by atoms with Gasteiger partial charge in [-0.15, -0.1) is 11.3 Å². The summed E-state index contributed by atoms with van der Waals surface area (Å²) in [6.45, 7) is 0. The Morgan fingerprint density at radius 2 is 0.750 bits per heavy atom. The number of nitrogens with zero attached hydrogens (tertiary/aromatic N) is 4. The molecule has 0 aliphatic heterocycles. The normalized spacial score (nSPS) is 11.6. The van der Waals surface area contributed by atoms with Crippen LogP contribution in [0, 0.1) is 0 Å². The van der Waals surface area contributed by atoms with E-state index < -0.39 is 0 Å². The molecule has 0 N–H and O–H groups in total. The van der Waals surface area contributed by atoms with Crippen molar-refractivity contribution in [2.45, 2.75) is 0 Å². The summed E-state index contributed by atoms with van der Waals surface area (Å²) >= 11 is 1.80. The summed E-state index contributed by atoms with van der Waals surface area (Å²) in [5.41, 5.74) is 10.9. The fraction of sp³-hybridized carbons (Fsp3) is 0. The summed E-state index contributed by atoms with van der Waals surface area (Å²) in [5.74, 6) is 1.95. The minimum atomic E-state index is 0.640. The minimum Gasteiger partial charge on any atom is -0.309 e. The lowest BCUT2D eigenvalue weighted by Gasteiger charge is -2.14. The van der Waals surface area contributed by atoms with Gasteiger partial charge in [-0.25, -0.2) is 15.0 Å². The minimum absolute atomic E-state index is 0.640. The lowest BCUT2D eigenvalue weighted by atomic mass is 9.97. The van der Waals surface area contributed by atoms with Crippen molar-refractivity contribution in [1.29, 1.82) is 0 Å². The summed E-state index contributed by atoms with van der Waals surface area (Å²) in [6.07, 6.45) is 0. The molecule has 5 heteroatoms. The highest BCUT2D eigenvalue weighted by atomic mass is 32.1. The standard InChI is InChI=1S/C51H32N4S/c1-3-13-33(14-4-1)38-29-39(31-40(30-38)55-45-20-10-7-17-41(45)42-18-8-11-21-46(42)55)34-23-25-36(26-24-34)50-52-49(35-15-5-2-6-16-35)53-51(54-50)37-27-28-44-43-19-9-12-22-47(43)56-48(44)32-37/h1-32H. The van der Waals surface area contributed by atoms with Crippen LogP contribution in [0.5, 0.6) is 0 Å². The first-order valence-corrected chi connectivity index (χ1v) is 19.6. The van der Waals surface area contributed by atoms with Crippen LogP contribution in [-0.4, -0.2) is 19.5 Å². The molecule has 0 bridgehead atoms. The van der Waals surface area contributed by atoms with Gasteiger partial charge < -0.3 is 4.57 Å². The Balaban J connectivity index is 1.04. The Kier molecular flexibility index (Phi) is 7.64.